The molecule has 1 unspecified atom stereocenters. The summed E-state index contributed by atoms with van der Waals surface area (Å²) in [4.78, 5) is 4.52. The van der Waals surface area contributed by atoms with Crippen LogP contribution in [0.2, 0.25) is 0 Å². The smallest absolute Gasteiger partial charge is 0.114 e. The van der Waals surface area contributed by atoms with Crippen molar-refractivity contribution in [2.75, 3.05) is 18.6 Å². The van der Waals surface area contributed by atoms with E-state index < -0.39 is 0 Å². The molecule has 4 heteroatoms. The second kappa shape index (κ2) is 4.07. The second-order valence-corrected chi connectivity index (χ2v) is 6.68. The van der Waals surface area contributed by atoms with Crippen molar-refractivity contribution in [3.8, 4) is 0 Å². The molecule has 1 fully saturated rings. The number of hydrogen-bond donors (Lipinski definition) is 1. The lowest BCUT2D eigenvalue weighted by Gasteiger charge is -2.48. The Labute approximate surface area is 99.9 Å². The molecule has 0 spiro atoms. The van der Waals surface area contributed by atoms with Gasteiger partial charge in [0.15, 0.2) is 0 Å². The van der Waals surface area contributed by atoms with E-state index in [1.54, 1.807) is 11.3 Å². The Morgan fingerprint density at radius 3 is 2.80 bits per heavy atom. The van der Waals surface area contributed by atoms with Gasteiger partial charge in [-0.2, -0.15) is 11.8 Å². The third kappa shape index (κ3) is 1.73. The minimum Gasteiger partial charge on any atom is -0.307 e. The lowest BCUT2D eigenvalue weighted by Crippen LogP contribution is -2.56. The van der Waals surface area contributed by atoms with Gasteiger partial charge >= 0.3 is 0 Å². The minimum atomic E-state index is 0.0596. The zero-order valence-electron chi connectivity index (χ0n) is 9.54. The highest BCUT2D eigenvalue weighted by molar-refractivity contribution is 7.99. The summed E-state index contributed by atoms with van der Waals surface area (Å²) < 4.78 is 0. The summed E-state index contributed by atoms with van der Waals surface area (Å²) in [6.07, 6.45) is 3.16. The van der Waals surface area contributed by atoms with E-state index in [1.807, 2.05) is 18.0 Å². The van der Waals surface area contributed by atoms with Crippen LogP contribution >= 0.6 is 23.1 Å². The van der Waals surface area contributed by atoms with Crippen LogP contribution in [0.25, 0.3) is 0 Å². The first-order chi connectivity index (χ1) is 7.12. The first kappa shape index (κ1) is 11.4. The number of aromatic nitrogens is 1. The number of thiazole rings is 1. The van der Waals surface area contributed by atoms with Gasteiger partial charge in [0.05, 0.1) is 5.54 Å². The summed E-state index contributed by atoms with van der Waals surface area (Å²) in [7, 11) is 2.06. The summed E-state index contributed by atoms with van der Waals surface area (Å²) in [6.45, 7) is 4.70. The first-order valence-corrected chi connectivity index (χ1v) is 7.32. The quantitative estimate of drug-likeness (QED) is 0.863. The third-order valence-corrected chi connectivity index (χ3v) is 5.63. The molecule has 0 radical (unpaired) electrons. The van der Waals surface area contributed by atoms with E-state index in [2.05, 4.69) is 36.6 Å². The molecular formula is C11H18N2S2. The number of nitrogens with zero attached hydrogens (tertiary/aromatic N) is 1. The van der Waals surface area contributed by atoms with E-state index in [0.29, 0.717) is 0 Å². The van der Waals surface area contributed by atoms with Gasteiger partial charge in [-0.15, -0.1) is 11.3 Å². The fourth-order valence-electron chi connectivity index (χ4n) is 2.26. The van der Waals surface area contributed by atoms with E-state index in [-0.39, 0.29) is 11.0 Å². The van der Waals surface area contributed by atoms with Crippen molar-refractivity contribution >= 4 is 23.1 Å². The van der Waals surface area contributed by atoms with Crippen molar-refractivity contribution in [2.24, 2.45) is 5.41 Å². The molecule has 1 aliphatic rings. The van der Waals surface area contributed by atoms with E-state index >= 15 is 0 Å². The first-order valence-electron chi connectivity index (χ1n) is 5.29. The molecule has 1 aromatic rings. The van der Waals surface area contributed by atoms with Crippen molar-refractivity contribution in [3.63, 3.8) is 0 Å². The molecule has 2 heterocycles. The summed E-state index contributed by atoms with van der Waals surface area (Å²) in [5.41, 5.74) is 0.342. The molecule has 2 rings (SSSR count). The summed E-state index contributed by atoms with van der Waals surface area (Å²) >= 11 is 3.80. The van der Waals surface area contributed by atoms with Crippen LogP contribution in [-0.2, 0) is 5.54 Å². The molecule has 1 aliphatic heterocycles. The van der Waals surface area contributed by atoms with Crippen LogP contribution in [0.3, 0.4) is 0 Å². The third-order valence-electron chi connectivity index (χ3n) is 3.57. The molecule has 1 atom stereocenters. The lowest BCUT2D eigenvalue weighted by molar-refractivity contribution is 0.138. The van der Waals surface area contributed by atoms with Crippen LogP contribution in [0.4, 0.5) is 0 Å². The summed E-state index contributed by atoms with van der Waals surface area (Å²) in [5.74, 6) is 2.39. The molecule has 1 saturated heterocycles. The maximum atomic E-state index is 4.52. The molecule has 84 valence electrons. The Hall–Kier alpha value is -0.0600. The van der Waals surface area contributed by atoms with Crippen molar-refractivity contribution in [1.29, 1.82) is 0 Å². The second-order valence-electron chi connectivity index (χ2n) is 4.68. The number of thioether (sulfide) groups is 1. The van der Waals surface area contributed by atoms with E-state index in [9.17, 15) is 0 Å². The van der Waals surface area contributed by atoms with E-state index in [4.69, 9.17) is 0 Å². The van der Waals surface area contributed by atoms with Crippen molar-refractivity contribution in [1.82, 2.24) is 10.3 Å². The standard InChI is InChI=1S/C11H18N2S2/c1-10(2)4-6-14-8-11(10,12-3)9-13-5-7-15-9/h5,7,12H,4,6,8H2,1-3H3. The van der Waals surface area contributed by atoms with E-state index in [1.165, 1.54) is 17.2 Å². The molecule has 0 saturated carbocycles. The lowest BCUT2D eigenvalue weighted by atomic mass is 9.71. The van der Waals surface area contributed by atoms with Crippen LogP contribution in [-0.4, -0.2) is 23.5 Å². The zero-order valence-corrected chi connectivity index (χ0v) is 11.2. The molecule has 15 heavy (non-hydrogen) atoms. The van der Waals surface area contributed by atoms with Crippen molar-refractivity contribution < 1.29 is 0 Å². The summed E-state index contributed by atoms with van der Waals surface area (Å²) in [5, 5.41) is 6.85. The topological polar surface area (TPSA) is 24.9 Å². The van der Waals surface area contributed by atoms with Gasteiger partial charge in [-0.25, -0.2) is 4.98 Å². The average molecular weight is 242 g/mol. The maximum absolute atomic E-state index is 4.52. The highest BCUT2D eigenvalue weighted by Crippen LogP contribution is 2.48. The molecule has 0 aliphatic carbocycles. The van der Waals surface area contributed by atoms with Crippen LogP contribution in [0, 0.1) is 5.41 Å². The number of hydrogen-bond acceptors (Lipinski definition) is 4. The van der Waals surface area contributed by atoms with Gasteiger partial charge in [0.1, 0.15) is 5.01 Å². The molecule has 0 amide bonds. The molecule has 1 N–H and O–H groups in total. The van der Waals surface area contributed by atoms with Crippen LogP contribution < -0.4 is 5.32 Å². The van der Waals surface area contributed by atoms with Gasteiger partial charge in [-0.1, -0.05) is 13.8 Å². The maximum Gasteiger partial charge on any atom is 0.114 e. The highest BCUT2D eigenvalue weighted by atomic mass is 32.2. The fraction of sp³-hybridized carbons (Fsp3) is 0.727. The predicted octanol–water partition coefficient (Wildman–Crippen LogP) is 2.72. The van der Waals surface area contributed by atoms with Crippen LogP contribution in [0.15, 0.2) is 11.6 Å². The van der Waals surface area contributed by atoms with Gasteiger partial charge < -0.3 is 5.32 Å². The zero-order chi connectivity index (χ0) is 10.9. The van der Waals surface area contributed by atoms with Gasteiger partial charge in [-0.3, -0.25) is 0 Å². The monoisotopic (exact) mass is 242 g/mol. The predicted molar refractivity (Wildman–Crippen MR) is 68.6 cm³/mol. The Kier molecular flexibility index (Phi) is 3.10. The summed E-state index contributed by atoms with van der Waals surface area (Å²) in [6, 6.07) is 0. The fourth-order valence-corrected chi connectivity index (χ4v) is 5.16. The van der Waals surface area contributed by atoms with Crippen LogP contribution in [0.1, 0.15) is 25.3 Å². The molecule has 0 aromatic carbocycles. The van der Waals surface area contributed by atoms with Gasteiger partial charge in [-0.05, 0) is 24.6 Å². The van der Waals surface area contributed by atoms with Gasteiger partial charge in [0, 0.05) is 17.3 Å². The largest absolute Gasteiger partial charge is 0.307 e. The normalized spacial score (nSPS) is 30.3. The number of nitrogens with one attached hydrogen (secondary N) is 1. The molecule has 2 nitrogen and oxygen atoms in total. The Morgan fingerprint density at radius 1 is 1.47 bits per heavy atom. The average Bonchev–Trinajstić information content (AvgIpc) is 2.71. The van der Waals surface area contributed by atoms with Crippen molar-refractivity contribution in [3.05, 3.63) is 16.6 Å². The van der Waals surface area contributed by atoms with Gasteiger partial charge in [0.25, 0.3) is 0 Å². The Morgan fingerprint density at radius 2 is 2.27 bits per heavy atom. The van der Waals surface area contributed by atoms with Gasteiger partial charge in [0.2, 0.25) is 0 Å². The molecular weight excluding hydrogens is 224 g/mol. The Balaban J connectivity index is 2.42. The van der Waals surface area contributed by atoms with Crippen LogP contribution in [0.5, 0.6) is 0 Å². The SMILES string of the molecule is CNC1(c2nccs2)CSCCC1(C)C. The number of rotatable bonds is 2. The van der Waals surface area contributed by atoms with E-state index in [0.717, 1.165) is 5.75 Å². The minimum absolute atomic E-state index is 0.0596. The molecule has 1 aromatic heterocycles. The molecule has 0 bridgehead atoms. The Bertz CT molecular complexity index is 321. The highest BCUT2D eigenvalue weighted by Gasteiger charge is 2.48. The van der Waals surface area contributed by atoms with Crippen molar-refractivity contribution in [2.45, 2.75) is 25.8 Å².